The smallest absolute Gasteiger partial charge is 0.326 e. The van der Waals surface area contributed by atoms with Gasteiger partial charge in [0.25, 0.3) is 0 Å². The van der Waals surface area contributed by atoms with Gasteiger partial charge < -0.3 is 36.5 Å². The standard InChI is InChI=1S/C17H26N6O6/c1-9(24)14(16(27)23-4-2-3-12(23)17(28)29)22-13(25)7-20-15(26)11(18)5-10-6-19-8-21-10/h6,8-9,11-12,14,24H,2-5,7,18H2,1H3,(H,19,21)(H,20,26)(H,22,25)(H,28,29). The predicted molar refractivity (Wildman–Crippen MR) is 99.3 cm³/mol. The Balaban J connectivity index is 1.88. The molecule has 1 fully saturated rings. The van der Waals surface area contributed by atoms with E-state index in [2.05, 4.69) is 20.6 Å². The van der Waals surface area contributed by atoms with Gasteiger partial charge in [-0.15, -0.1) is 0 Å². The number of nitrogens with two attached hydrogens (primary N) is 1. The molecule has 0 aromatic carbocycles. The average Bonchev–Trinajstić information content (AvgIpc) is 3.34. The Hall–Kier alpha value is -2.99. The van der Waals surface area contributed by atoms with Gasteiger partial charge in [0, 0.05) is 24.9 Å². The lowest BCUT2D eigenvalue weighted by atomic mass is 10.1. The molecular formula is C17H26N6O6. The van der Waals surface area contributed by atoms with Crippen LogP contribution in [0.15, 0.2) is 12.5 Å². The number of hydrogen-bond donors (Lipinski definition) is 6. The maximum atomic E-state index is 12.6. The molecular weight excluding hydrogens is 384 g/mol. The number of nitrogens with one attached hydrogen (secondary N) is 3. The van der Waals surface area contributed by atoms with E-state index in [1.807, 2.05) is 0 Å². The van der Waals surface area contributed by atoms with Gasteiger partial charge in [0.05, 0.1) is 25.0 Å². The van der Waals surface area contributed by atoms with Crippen molar-refractivity contribution in [2.24, 2.45) is 5.73 Å². The molecule has 0 spiro atoms. The highest BCUT2D eigenvalue weighted by Crippen LogP contribution is 2.19. The highest BCUT2D eigenvalue weighted by Gasteiger charge is 2.39. The summed E-state index contributed by atoms with van der Waals surface area (Å²) in [4.78, 5) is 55.9. The van der Waals surface area contributed by atoms with Crippen LogP contribution >= 0.6 is 0 Å². The maximum absolute atomic E-state index is 12.6. The van der Waals surface area contributed by atoms with Gasteiger partial charge in [-0.3, -0.25) is 14.4 Å². The number of nitrogens with zero attached hydrogens (tertiary/aromatic N) is 2. The van der Waals surface area contributed by atoms with E-state index in [1.165, 1.54) is 19.4 Å². The lowest BCUT2D eigenvalue weighted by molar-refractivity contribution is -0.150. The summed E-state index contributed by atoms with van der Waals surface area (Å²) in [6, 6.07) is -3.21. The van der Waals surface area contributed by atoms with Crippen LogP contribution in [0.5, 0.6) is 0 Å². The molecule has 2 heterocycles. The molecule has 7 N–H and O–H groups in total. The van der Waals surface area contributed by atoms with E-state index in [9.17, 15) is 29.4 Å². The second-order valence-corrected chi connectivity index (χ2v) is 6.92. The monoisotopic (exact) mass is 410 g/mol. The number of carbonyl (C=O) groups is 4. The Morgan fingerprint density at radius 2 is 2.14 bits per heavy atom. The van der Waals surface area contributed by atoms with Gasteiger partial charge in [0.2, 0.25) is 17.7 Å². The highest BCUT2D eigenvalue weighted by molar-refractivity contribution is 5.93. The third-order valence-electron chi connectivity index (χ3n) is 4.64. The van der Waals surface area contributed by atoms with Crippen molar-refractivity contribution in [3.63, 3.8) is 0 Å². The minimum Gasteiger partial charge on any atom is -0.480 e. The van der Waals surface area contributed by atoms with Crippen LogP contribution < -0.4 is 16.4 Å². The number of aliphatic hydroxyl groups is 1. The SMILES string of the molecule is CC(O)C(NC(=O)CNC(=O)C(N)Cc1cnc[nH]1)C(=O)N1CCCC1C(=O)O. The van der Waals surface area contributed by atoms with Gasteiger partial charge >= 0.3 is 5.97 Å². The fourth-order valence-corrected chi connectivity index (χ4v) is 3.10. The normalized spacial score (nSPS) is 19.3. The second-order valence-electron chi connectivity index (χ2n) is 6.92. The number of carboxylic acids is 1. The number of aromatic amines is 1. The molecule has 12 heteroatoms. The molecule has 0 radical (unpaired) electrons. The largest absolute Gasteiger partial charge is 0.480 e. The topological polar surface area (TPSA) is 191 Å². The maximum Gasteiger partial charge on any atom is 0.326 e. The van der Waals surface area contributed by atoms with Gasteiger partial charge in [0.1, 0.15) is 12.1 Å². The molecule has 1 aliphatic heterocycles. The molecule has 1 aromatic rings. The molecule has 4 unspecified atom stereocenters. The average molecular weight is 410 g/mol. The fraction of sp³-hybridized carbons (Fsp3) is 0.588. The van der Waals surface area contributed by atoms with Gasteiger partial charge in [-0.05, 0) is 19.8 Å². The third-order valence-corrected chi connectivity index (χ3v) is 4.64. The third kappa shape index (κ3) is 5.99. The molecule has 2 rings (SSSR count). The Kier molecular flexibility index (Phi) is 7.67. The van der Waals surface area contributed by atoms with Crippen molar-refractivity contribution in [2.45, 2.75) is 50.4 Å². The summed E-state index contributed by atoms with van der Waals surface area (Å²) in [5.41, 5.74) is 6.43. The Labute approximate surface area is 166 Å². The highest BCUT2D eigenvalue weighted by atomic mass is 16.4. The Morgan fingerprint density at radius 1 is 1.41 bits per heavy atom. The molecule has 0 bridgehead atoms. The first-order valence-corrected chi connectivity index (χ1v) is 9.22. The van der Waals surface area contributed by atoms with Gasteiger partial charge in [-0.1, -0.05) is 0 Å². The van der Waals surface area contributed by atoms with Crippen LogP contribution in [0, 0.1) is 0 Å². The number of imidazole rings is 1. The van der Waals surface area contributed by atoms with Gasteiger partial charge in [-0.2, -0.15) is 0 Å². The lowest BCUT2D eigenvalue weighted by Crippen LogP contribution is -2.57. The number of likely N-dealkylation sites (tertiary alicyclic amines) is 1. The lowest BCUT2D eigenvalue weighted by Gasteiger charge is -2.28. The van der Waals surface area contributed by atoms with E-state index < -0.39 is 54.5 Å². The quantitative estimate of drug-likeness (QED) is 0.254. The van der Waals surface area contributed by atoms with Crippen molar-refractivity contribution in [2.75, 3.05) is 13.1 Å². The van der Waals surface area contributed by atoms with E-state index in [-0.39, 0.29) is 13.0 Å². The van der Waals surface area contributed by atoms with Crippen molar-refractivity contribution >= 4 is 23.7 Å². The molecule has 0 saturated carbocycles. The van der Waals surface area contributed by atoms with Crippen LogP contribution in [0.2, 0.25) is 0 Å². The zero-order valence-corrected chi connectivity index (χ0v) is 16.0. The van der Waals surface area contributed by atoms with Crippen molar-refractivity contribution < 1.29 is 29.4 Å². The van der Waals surface area contributed by atoms with Crippen molar-refractivity contribution in [3.8, 4) is 0 Å². The molecule has 4 atom stereocenters. The van der Waals surface area contributed by atoms with Crippen molar-refractivity contribution in [1.29, 1.82) is 0 Å². The van der Waals surface area contributed by atoms with Crippen molar-refractivity contribution in [1.82, 2.24) is 25.5 Å². The molecule has 1 saturated heterocycles. The number of hydrogen-bond acceptors (Lipinski definition) is 7. The number of rotatable bonds is 9. The van der Waals surface area contributed by atoms with E-state index in [0.29, 0.717) is 18.5 Å². The minimum absolute atomic E-state index is 0.202. The van der Waals surface area contributed by atoms with E-state index in [4.69, 9.17) is 5.73 Å². The Bertz CT molecular complexity index is 737. The van der Waals surface area contributed by atoms with Crippen LogP contribution in [0.1, 0.15) is 25.5 Å². The fourth-order valence-electron chi connectivity index (χ4n) is 3.10. The molecule has 1 aromatic heterocycles. The van der Waals surface area contributed by atoms with Crippen LogP contribution in [0.4, 0.5) is 0 Å². The summed E-state index contributed by atoms with van der Waals surface area (Å²) in [6.07, 6.45) is 2.77. The number of H-pyrrole nitrogens is 1. The number of carboxylic acid groups (broad SMARTS) is 1. The molecule has 29 heavy (non-hydrogen) atoms. The summed E-state index contributed by atoms with van der Waals surface area (Å²) >= 11 is 0. The van der Waals surface area contributed by atoms with E-state index in [0.717, 1.165) is 4.90 Å². The number of amides is 3. The molecule has 12 nitrogen and oxygen atoms in total. The van der Waals surface area contributed by atoms with Crippen LogP contribution in [0.25, 0.3) is 0 Å². The van der Waals surface area contributed by atoms with Gasteiger partial charge in [0.15, 0.2) is 0 Å². The number of carbonyl (C=O) groups excluding carboxylic acids is 3. The molecule has 3 amide bonds. The van der Waals surface area contributed by atoms with Crippen LogP contribution in [0.3, 0.4) is 0 Å². The first-order chi connectivity index (χ1) is 13.7. The summed E-state index contributed by atoms with van der Waals surface area (Å²) < 4.78 is 0. The minimum atomic E-state index is -1.32. The second kappa shape index (κ2) is 9.98. The first kappa shape index (κ1) is 22.3. The summed E-state index contributed by atoms with van der Waals surface area (Å²) in [5.74, 6) is -3.09. The number of aromatic nitrogens is 2. The zero-order valence-electron chi connectivity index (χ0n) is 16.0. The van der Waals surface area contributed by atoms with E-state index in [1.54, 1.807) is 0 Å². The zero-order chi connectivity index (χ0) is 21.6. The van der Waals surface area contributed by atoms with E-state index >= 15 is 0 Å². The molecule has 160 valence electrons. The van der Waals surface area contributed by atoms with Crippen molar-refractivity contribution in [3.05, 3.63) is 18.2 Å². The summed E-state index contributed by atoms with van der Waals surface area (Å²) in [5, 5.41) is 23.8. The molecule has 1 aliphatic rings. The number of aliphatic carboxylic acids is 1. The first-order valence-electron chi connectivity index (χ1n) is 9.22. The summed E-state index contributed by atoms with van der Waals surface area (Å²) in [7, 11) is 0. The van der Waals surface area contributed by atoms with Crippen LogP contribution in [-0.2, 0) is 25.6 Å². The Morgan fingerprint density at radius 3 is 2.72 bits per heavy atom. The summed E-state index contributed by atoms with van der Waals surface area (Å²) in [6.45, 7) is 1.09. The molecule has 0 aliphatic carbocycles. The predicted octanol–water partition coefficient (Wildman–Crippen LogP) is -2.66. The van der Waals surface area contributed by atoms with Crippen LogP contribution in [-0.4, -0.2) is 86.1 Å². The van der Waals surface area contributed by atoms with Gasteiger partial charge in [-0.25, -0.2) is 9.78 Å². The number of aliphatic hydroxyl groups excluding tert-OH is 1.